The fourth-order valence-corrected chi connectivity index (χ4v) is 4.26. The Morgan fingerprint density at radius 3 is 2.68 bits per heavy atom. The normalized spacial score (nSPS) is 15.5. The van der Waals surface area contributed by atoms with Gasteiger partial charge in [-0.1, -0.05) is 18.2 Å². The number of pyridine rings is 1. The minimum absolute atomic E-state index is 0.0596. The van der Waals surface area contributed by atoms with Crippen LogP contribution in [0.1, 0.15) is 28.9 Å². The fraction of sp³-hybridized carbons (Fsp3) is 0.294. The molecule has 4 rings (SSSR count). The van der Waals surface area contributed by atoms with Crippen molar-refractivity contribution in [1.29, 1.82) is 0 Å². The van der Waals surface area contributed by atoms with Crippen molar-refractivity contribution in [3.8, 4) is 0 Å². The molecule has 1 saturated heterocycles. The van der Waals surface area contributed by atoms with Crippen LogP contribution in [0, 0.1) is 0 Å². The molecule has 1 aromatic carbocycles. The van der Waals surface area contributed by atoms with Gasteiger partial charge in [0.1, 0.15) is 0 Å². The number of hydrogen-bond donors (Lipinski definition) is 1. The number of fused-ring (bicyclic) bond motifs is 3. The van der Waals surface area contributed by atoms with Gasteiger partial charge in [0.25, 0.3) is 11.5 Å². The first-order chi connectivity index (χ1) is 10.7. The number of amides is 1. The molecule has 0 spiro atoms. The Morgan fingerprint density at radius 1 is 1.09 bits per heavy atom. The molecule has 0 unspecified atom stereocenters. The topological polar surface area (TPSA) is 53.2 Å². The number of aromatic nitrogens is 1. The first-order valence-corrected chi connectivity index (χ1v) is 8.39. The molecule has 5 heteroatoms. The molecule has 1 fully saturated rings. The van der Waals surface area contributed by atoms with Crippen molar-refractivity contribution >= 4 is 38.2 Å². The van der Waals surface area contributed by atoms with Crippen LogP contribution in [0.4, 0.5) is 0 Å². The van der Waals surface area contributed by atoms with Gasteiger partial charge < -0.3 is 9.88 Å². The molecular weight excluding hydrogens is 296 g/mol. The number of rotatable bonds is 1. The third-order valence-electron chi connectivity index (χ3n) is 4.25. The van der Waals surface area contributed by atoms with Crippen molar-refractivity contribution in [2.45, 2.75) is 19.3 Å². The maximum Gasteiger partial charge on any atom is 0.263 e. The molecule has 1 aliphatic heterocycles. The van der Waals surface area contributed by atoms with Crippen LogP contribution in [0.25, 0.3) is 21.0 Å². The third-order valence-corrected chi connectivity index (χ3v) is 5.41. The molecule has 4 nitrogen and oxygen atoms in total. The highest BCUT2D eigenvalue weighted by atomic mass is 32.1. The number of H-pyrrole nitrogens is 1. The molecule has 0 saturated carbocycles. The highest BCUT2D eigenvalue weighted by Gasteiger charge is 2.21. The Hall–Kier alpha value is -2.14. The second kappa shape index (κ2) is 5.25. The van der Waals surface area contributed by atoms with Gasteiger partial charge in [-0.3, -0.25) is 9.59 Å². The number of carbonyl (C=O) groups excluding carboxylic acids is 1. The number of piperidine rings is 1. The molecule has 0 radical (unpaired) electrons. The number of carbonyl (C=O) groups is 1. The SMILES string of the molecule is O=C(c1cc2c(=O)[nH]c3ccccc3c2s1)N1CCCCC1. The lowest BCUT2D eigenvalue weighted by molar-refractivity contribution is 0.0729. The molecular formula is C17H16N2O2S. The largest absolute Gasteiger partial charge is 0.338 e. The summed E-state index contributed by atoms with van der Waals surface area (Å²) in [5.41, 5.74) is 0.696. The van der Waals surface area contributed by atoms with Gasteiger partial charge in [0.05, 0.1) is 10.3 Å². The van der Waals surface area contributed by atoms with E-state index in [1.54, 1.807) is 6.07 Å². The maximum atomic E-state index is 12.6. The van der Waals surface area contributed by atoms with Crippen LogP contribution in [-0.2, 0) is 0 Å². The first-order valence-electron chi connectivity index (χ1n) is 7.58. The Kier molecular flexibility index (Phi) is 3.22. The molecule has 1 N–H and O–H groups in total. The second-order valence-electron chi connectivity index (χ2n) is 5.71. The number of hydrogen-bond acceptors (Lipinski definition) is 3. The number of thiophene rings is 1. The van der Waals surface area contributed by atoms with Gasteiger partial charge in [0.15, 0.2) is 0 Å². The van der Waals surface area contributed by atoms with Crippen LogP contribution < -0.4 is 5.56 Å². The van der Waals surface area contributed by atoms with Gasteiger partial charge in [-0.05, 0) is 31.4 Å². The van der Waals surface area contributed by atoms with Crippen LogP contribution in [-0.4, -0.2) is 28.9 Å². The standard InChI is InChI=1S/C17H16N2O2S/c20-16-12-10-14(17(21)19-8-4-1-5-9-19)22-15(12)11-6-2-3-7-13(11)18-16/h2-3,6-7,10H,1,4-5,8-9H2,(H,18,20). The summed E-state index contributed by atoms with van der Waals surface area (Å²) < 4.78 is 0.903. The molecule has 22 heavy (non-hydrogen) atoms. The second-order valence-corrected chi connectivity index (χ2v) is 6.76. The predicted molar refractivity (Wildman–Crippen MR) is 89.7 cm³/mol. The van der Waals surface area contributed by atoms with Gasteiger partial charge in [0.2, 0.25) is 0 Å². The first kappa shape index (κ1) is 13.5. The van der Waals surface area contributed by atoms with Gasteiger partial charge in [0, 0.05) is 28.7 Å². The molecule has 0 aliphatic carbocycles. The zero-order valence-electron chi connectivity index (χ0n) is 12.1. The molecule has 3 aromatic rings. The molecule has 0 atom stereocenters. The summed E-state index contributed by atoms with van der Waals surface area (Å²) >= 11 is 1.43. The average Bonchev–Trinajstić information content (AvgIpc) is 3.01. The van der Waals surface area contributed by atoms with Gasteiger partial charge in [-0.15, -0.1) is 11.3 Å². The quantitative estimate of drug-likeness (QED) is 0.749. The van der Waals surface area contributed by atoms with E-state index in [-0.39, 0.29) is 11.5 Å². The third kappa shape index (κ3) is 2.13. The van der Waals surface area contributed by atoms with Crippen LogP contribution in [0.5, 0.6) is 0 Å². The van der Waals surface area contributed by atoms with E-state index >= 15 is 0 Å². The van der Waals surface area contributed by atoms with E-state index in [0.29, 0.717) is 10.3 Å². The van der Waals surface area contributed by atoms with Crippen LogP contribution >= 0.6 is 11.3 Å². The van der Waals surface area contributed by atoms with Gasteiger partial charge in [-0.25, -0.2) is 0 Å². The van der Waals surface area contributed by atoms with Crippen molar-refractivity contribution in [2.24, 2.45) is 0 Å². The van der Waals surface area contributed by atoms with Crippen LogP contribution in [0.15, 0.2) is 35.1 Å². The zero-order chi connectivity index (χ0) is 15.1. The number of nitrogens with zero attached hydrogens (tertiary/aromatic N) is 1. The van der Waals surface area contributed by atoms with E-state index in [4.69, 9.17) is 0 Å². The highest BCUT2D eigenvalue weighted by Crippen LogP contribution is 2.30. The molecule has 1 amide bonds. The summed E-state index contributed by atoms with van der Waals surface area (Å²) in [6.07, 6.45) is 3.33. The number of para-hydroxylation sites is 1. The smallest absolute Gasteiger partial charge is 0.263 e. The monoisotopic (exact) mass is 312 g/mol. The van der Waals surface area contributed by atoms with E-state index in [9.17, 15) is 9.59 Å². The van der Waals surface area contributed by atoms with E-state index in [2.05, 4.69) is 4.98 Å². The van der Waals surface area contributed by atoms with E-state index < -0.39 is 0 Å². The van der Waals surface area contributed by atoms with Crippen molar-refractivity contribution in [1.82, 2.24) is 9.88 Å². The van der Waals surface area contributed by atoms with E-state index in [1.165, 1.54) is 17.8 Å². The summed E-state index contributed by atoms with van der Waals surface area (Å²) in [5, 5.41) is 1.61. The zero-order valence-corrected chi connectivity index (χ0v) is 12.9. The number of nitrogens with one attached hydrogen (secondary N) is 1. The maximum absolute atomic E-state index is 12.6. The van der Waals surface area contributed by atoms with Crippen molar-refractivity contribution < 1.29 is 4.79 Å². The van der Waals surface area contributed by atoms with Crippen molar-refractivity contribution in [3.05, 3.63) is 45.6 Å². The minimum atomic E-state index is -0.123. The summed E-state index contributed by atoms with van der Waals surface area (Å²) in [6.45, 7) is 1.65. The number of aromatic amines is 1. The van der Waals surface area contributed by atoms with Crippen LogP contribution in [0.2, 0.25) is 0 Å². The summed E-state index contributed by atoms with van der Waals surface area (Å²) in [5.74, 6) is 0.0596. The van der Waals surface area contributed by atoms with E-state index in [1.807, 2.05) is 29.2 Å². The lowest BCUT2D eigenvalue weighted by atomic mass is 10.1. The van der Waals surface area contributed by atoms with Crippen molar-refractivity contribution in [2.75, 3.05) is 13.1 Å². The Labute approximate surface area is 131 Å². The molecule has 0 bridgehead atoms. The fourth-order valence-electron chi connectivity index (χ4n) is 3.10. The molecule has 1 aliphatic rings. The lowest BCUT2D eigenvalue weighted by Gasteiger charge is -2.26. The van der Waals surface area contributed by atoms with Crippen molar-refractivity contribution in [3.63, 3.8) is 0 Å². The number of benzene rings is 1. The summed E-state index contributed by atoms with van der Waals surface area (Å²) in [4.78, 5) is 30.3. The molecule has 2 aromatic heterocycles. The number of likely N-dealkylation sites (tertiary alicyclic amines) is 1. The highest BCUT2D eigenvalue weighted by molar-refractivity contribution is 7.21. The van der Waals surface area contributed by atoms with E-state index in [0.717, 1.165) is 41.5 Å². The average molecular weight is 312 g/mol. The summed E-state index contributed by atoms with van der Waals surface area (Å²) in [6, 6.07) is 9.48. The van der Waals surface area contributed by atoms with Crippen LogP contribution in [0.3, 0.4) is 0 Å². The Bertz CT molecular complexity index is 919. The minimum Gasteiger partial charge on any atom is -0.338 e. The molecule has 3 heterocycles. The van der Waals surface area contributed by atoms with Gasteiger partial charge in [-0.2, -0.15) is 0 Å². The van der Waals surface area contributed by atoms with Gasteiger partial charge >= 0.3 is 0 Å². The Morgan fingerprint density at radius 2 is 1.86 bits per heavy atom. The predicted octanol–water partition coefficient (Wildman–Crippen LogP) is 3.37. The Balaban J connectivity index is 1.86. The lowest BCUT2D eigenvalue weighted by Crippen LogP contribution is -2.35. The summed E-state index contributed by atoms with van der Waals surface area (Å²) in [7, 11) is 0. The molecule has 112 valence electrons.